The predicted molar refractivity (Wildman–Crippen MR) is 40.1 cm³/mol. The normalized spacial score (nSPS) is 12.2. The van der Waals surface area contributed by atoms with E-state index in [-0.39, 0.29) is 0 Å². The molecule has 0 amide bonds. The highest BCUT2D eigenvalue weighted by molar-refractivity contribution is 5.32. The lowest BCUT2D eigenvalue weighted by molar-refractivity contribution is -0.142. The summed E-state index contributed by atoms with van der Waals surface area (Å²) in [5.74, 6) is 0. The molecule has 0 spiro atoms. The molecule has 15 heavy (non-hydrogen) atoms. The Labute approximate surface area is 81.4 Å². The number of hydrogen-bond acceptors (Lipinski definition) is 2. The highest BCUT2D eigenvalue weighted by Crippen LogP contribution is 2.34. The Hall–Kier alpha value is -1.24. The highest BCUT2D eigenvalue weighted by atomic mass is 19.4. The minimum Gasteiger partial charge on any atom is -0.392 e. The summed E-state index contributed by atoms with van der Waals surface area (Å²) < 4.78 is 61.3. The number of rotatable bonds is 2. The standard InChI is InChI=1S/C8H6F5NO/c9-7(10)4-1-2-14-6(5(4)3-15)8(11,12)13/h1-2,7,15H,3H2. The first kappa shape index (κ1) is 11.8. The Kier molecular flexibility index (Phi) is 3.23. The first-order valence-electron chi connectivity index (χ1n) is 3.82. The van der Waals surface area contributed by atoms with Crippen LogP contribution in [0, 0.1) is 0 Å². The molecule has 0 bridgehead atoms. The van der Waals surface area contributed by atoms with Crippen molar-refractivity contribution in [3.63, 3.8) is 0 Å². The molecule has 1 rings (SSSR count). The van der Waals surface area contributed by atoms with Gasteiger partial charge in [-0.05, 0) is 6.07 Å². The highest BCUT2D eigenvalue weighted by Gasteiger charge is 2.36. The minimum absolute atomic E-state index is 0.642. The topological polar surface area (TPSA) is 33.1 Å². The Morgan fingerprint density at radius 2 is 1.93 bits per heavy atom. The van der Waals surface area contributed by atoms with Gasteiger partial charge in [-0.1, -0.05) is 0 Å². The summed E-state index contributed by atoms with van der Waals surface area (Å²) in [5, 5.41) is 8.64. The number of halogens is 5. The quantitative estimate of drug-likeness (QED) is 0.787. The molecule has 1 heterocycles. The van der Waals surface area contributed by atoms with Crippen LogP contribution in [0.5, 0.6) is 0 Å². The monoisotopic (exact) mass is 227 g/mol. The summed E-state index contributed by atoms with van der Waals surface area (Å²) in [5.41, 5.74) is -3.19. The molecule has 0 aliphatic rings. The largest absolute Gasteiger partial charge is 0.433 e. The van der Waals surface area contributed by atoms with Crippen molar-refractivity contribution in [2.75, 3.05) is 0 Å². The summed E-state index contributed by atoms with van der Waals surface area (Å²) in [4.78, 5) is 2.95. The zero-order valence-corrected chi connectivity index (χ0v) is 7.22. The second kappa shape index (κ2) is 4.09. The summed E-state index contributed by atoms with van der Waals surface area (Å²) in [6, 6.07) is 0.755. The van der Waals surface area contributed by atoms with Gasteiger partial charge in [-0.25, -0.2) is 8.78 Å². The second-order valence-electron chi connectivity index (χ2n) is 2.68. The van der Waals surface area contributed by atoms with Crippen LogP contribution in [0.1, 0.15) is 23.2 Å². The Bertz CT molecular complexity index is 349. The fraction of sp³-hybridized carbons (Fsp3) is 0.375. The summed E-state index contributed by atoms with van der Waals surface area (Å²) in [7, 11) is 0. The van der Waals surface area contributed by atoms with Crippen molar-refractivity contribution in [2.24, 2.45) is 0 Å². The van der Waals surface area contributed by atoms with Gasteiger partial charge in [0, 0.05) is 17.3 Å². The number of aromatic nitrogens is 1. The van der Waals surface area contributed by atoms with Gasteiger partial charge in [0.25, 0.3) is 6.43 Å². The molecule has 0 fully saturated rings. The van der Waals surface area contributed by atoms with Gasteiger partial charge in [-0.2, -0.15) is 13.2 Å². The number of pyridine rings is 1. The third-order valence-corrected chi connectivity index (χ3v) is 1.75. The van der Waals surface area contributed by atoms with Crippen LogP contribution in [-0.4, -0.2) is 10.1 Å². The van der Waals surface area contributed by atoms with Crippen molar-refractivity contribution >= 4 is 0 Å². The van der Waals surface area contributed by atoms with Gasteiger partial charge in [0.15, 0.2) is 0 Å². The van der Waals surface area contributed by atoms with E-state index < -0.39 is 36.0 Å². The molecular formula is C8H6F5NO. The van der Waals surface area contributed by atoms with Crippen molar-refractivity contribution in [3.05, 3.63) is 29.1 Å². The first-order chi connectivity index (χ1) is 6.88. The fourth-order valence-corrected chi connectivity index (χ4v) is 1.12. The van der Waals surface area contributed by atoms with Crippen molar-refractivity contribution in [2.45, 2.75) is 19.2 Å². The maximum Gasteiger partial charge on any atom is 0.433 e. The third kappa shape index (κ3) is 2.41. The van der Waals surface area contributed by atoms with Gasteiger partial charge in [-0.15, -0.1) is 0 Å². The molecule has 2 nitrogen and oxygen atoms in total. The van der Waals surface area contributed by atoms with Gasteiger partial charge >= 0.3 is 6.18 Å². The zero-order valence-electron chi connectivity index (χ0n) is 7.22. The number of hydrogen-bond donors (Lipinski definition) is 1. The molecule has 0 aromatic carbocycles. The molecule has 0 atom stereocenters. The Balaban J connectivity index is 3.35. The number of alkyl halides is 5. The maximum absolute atomic E-state index is 12.3. The van der Waals surface area contributed by atoms with Crippen molar-refractivity contribution in [3.8, 4) is 0 Å². The second-order valence-corrected chi connectivity index (χ2v) is 2.68. The summed E-state index contributed by atoms with van der Waals surface area (Å²) >= 11 is 0. The number of aliphatic hydroxyl groups is 1. The van der Waals surface area contributed by atoms with E-state index in [0.717, 1.165) is 6.07 Å². The molecule has 1 N–H and O–H groups in total. The van der Waals surface area contributed by atoms with Gasteiger partial charge in [-0.3, -0.25) is 4.98 Å². The van der Waals surface area contributed by atoms with E-state index in [1.165, 1.54) is 0 Å². The summed E-state index contributed by atoms with van der Waals surface area (Å²) in [6.07, 6.45) is -7.27. The Morgan fingerprint density at radius 3 is 2.33 bits per heavy atom. The van der Waals surface area contributed by atoms with Crippen molar-refractivity contribution in [1.82, 2.24) is 4.98 Å². The molecule has 0 saturated heterocycles. The van der Waals surface area contributed by atoms with E-state index in [1.54, 1.807) is 0 Å². The third-order valence-electron chi connectivity index (χ3n) is 1.75. The van der Waals surface area contributed by atoms with Crippen LogP contribution in [0.2, 0.25) is 0 Å². The van der Waals surface area contributed by atoms with E-state index in [2.05, 4.69) is 4.98 Å². The Morgan fingerprint density at radius 1 is 1.33 bits per heavy atom. The van der Waals surface area contributed by atoms with Crippen LogP contribution in [-0.2, 0) is 12.8 Å². The van der Waals surface area contributed by atoms with E-state index in [0.29, 0.717) is 6.20 Å². The summed E-state index contributed by atoms with van der Waals surface area (Å²) in [6.45, 7) is -1.12. The molecular weight excluding hydrogens is 221 g/mol. The zero-order chi connectivity index (χ0) is 11.6. The smallest absolute Gasteiger partial charge is 0.392 e. The number of aliphatic hydroxyl groups excluding tert-OH is 1. The lowest BCUT2D eigenvalue weighted by Gasteiger charge is -2.13. The molecule has 0 aliphatic heterocycles. The van der Waals surface area contributed by atoms with Gasteiger partial charge in [0.05, 0.1) is 6.61 Å². The maximum atomic E-state index is 12.3. The van der Waals surface area contributed by atoms with Crippen molar-refractivity contribution in [1.29, 1.82) is 0 Å². The SMILES string of the molecule is OCc1c(C(F)F)ccnc1C(F)(F)F. The molecule has 0 saturated carbocycles. The predicted octanol–water partition coefficient (Wildman–Crippen LogP) is 2.53. The average Bonchev–Trinajstić information content (AvgIpc) is 2.15. The molecule has 0 aliphatic carbocycles. The van der Waals surface area contributed by atoms with E-state index in [4.69, 9.17) is 5.11 Å². The minimum atomic E-state index is -4.84. The molecule has 84 valence electrons. The molecule has 7 heteroatoms. The van der Waals surface area contributed by atoms with Crippen LogP contribution in [0.4, 0.5) is 22.0 Å². The van der Waals surface area contributed by atoms with E-state index in [1.807, 2.05) is 0 Å². The van der Waals surface area contributed by atoms with E-state index in [9.17, 15) is 22.0 Å². The fourth-order valence-electron chi connectivity index (χ4n) is 1.12. The van der Waals surface area contributed by atoms with Crippen molar-refractivity contribution < 1.29 is 27.1 Å². The lowest BCUT2D eigenvalue weighted by atomic mass is 10.1. The first-order valence-corrected chi connectivity index (χ1v) is 3.82. The van der Waals surface area contributed by atoms with E-state index >= 15 is 0 Å². The van der Waals surface area contributed by atoms with Gasteiger partial charge < -0.3 is 5.11 Å². The number of nitrogens with zero attached hydrogens (tertiary/aromatic N) is 1. The molecule has 1 aromatic heterocycles. The van der Waals surface area contributed by atoms with Crippen LogP contribution < -0.4 is 0 Å². The molecule has 1 aromatic rings. The molecule has 0 radical (unpaired) electrons. The van der Waals surface area contributed by atoms with Gasteiger partial charge in [0.1, 0.15) is 5.69 Å². The van der Waals surface area contributed by atoms with Crippen LogP contribution in [0.25, 0.3) is 0 Å². The average molecular weight is 227 g/mol. The van der Waals surface area contributed by atoms with Gasteiger partial charge in [0.2, 0.25) is 0 Å². The lowest BCUT2D eigenvalue weighted by Crippen LogP contribution is -2.14. The van der Waals surface area contributed by atoms with Crippen LogP contribution in [0.3, 0.4) is 0 Å². The van der Waals surface area contributed by atoms with Crippen LogP contribution >= 0.6 is 0 Å². The molecule has 0 unspecified atom stereocenters. The van der Waals surface area contributed by atoms with Crippen LogP contribution in [0.15, 0.2) is 12.3 Å².